The second kappa shape index (κ2) is 7.57. The topological polar surface area (TPSA) is 86.8 Å². The zero-order valence-corrected chi connectivity index (χ0v) is 15.0. The highest BCUT2D eigenvalue weighted by Gasteiger charge is 2.44. The molecule has 24 heavy (non-hydrogen) atoms. The molecule has 0 unspecified atom stereocenters. The number of rotatable bonds is 6. The molecule has 0 radical (unpaired) electrons. The molecule has 1 N–H and O–H groups in total. The summed E-state index contributed by atoms with van der Waals surface area (Å²) >= 11 is 3.35. The van der Waals surface area contributed by atoms with Gasteiger partial charge in [0, 0.05) is 11.0 Å². The minimum atomic E-state index is -0.964. The zero-order valence-electron chi connectivity index (χ0n) is 13.4. The Hall–Kier alpha value is -2.22. The summed E-state index contributed by atoms with van der Waals surface area (Å²) in [6, 6.07) is 6.51. The van der Waals surface area contributed by atoms with Crippen molar-refractivity contribution in [3.63, 3.8) is 0 Å². The second-order valence-corrected chi connectivity index (χ2v) is 6.22. The van der Waals surface area contributed by atoms with Crippen molar-refractivity contribution in [1.82, 2.24) is 15.1 Å². The molecule has 0 bridgehead atoms. The van der Waals surface area contributed by atoms with Gasteiger partial charge in [0.25, 0.3) is 0 Å². The van der Waals surface area contributed by atoms with Crippen LogP contribution in [0.1, 0.15) is 31.9 Å². The van der Waals surface area contributed by atoms with Crippen LogP contribution >= 0.6 is 15.9 Å². The maximum atomic E-state index is 12.2. The van der Waals surface area contributed by atoms with Crippen LogP contribution in [0.2, 0.25) is 0 Å². The standard InChI is InChI=1S/C16H18BrN3O4/c1-3-12(10-5-7-11(17)8-6-10)18-13(21)9-20-15(23)14(22)19(4-2)16(20)24/h5-8,12H,3-4,9H2,1-2H3,(H,18,21)/t12-/m1/s1. The van der Waals surface area contributed by atoms with Gasteiger partial charge in [-0.05, 0) is 31.0 Å². The normalized spacial score (nSPS) is 15.9. The molecule has 2 rings (SSSR count). The molecule has 1 atom stereocenters. The predicted octanol–water partition coefficient (Wildman–Crippen LogP) is 1.83. The Morgan fingerprint density at radius 2 is 1.67 bits per heavy atom. The highest BCUT2D eigenvalue weighted by atomic mass is 79.9. The van der Waals surface area contributed by atoms with Gasteiger partial charge in [-0.2, -0.15) is 0 Å². The maximum absolute atomic E-state index is 12.2. The first-order valence-corrected chi connectivity index (χ1v) is 8.40. The lowest BCUT2D eigenvalue weighted by atomic mass is 10.0. The van der Waals surface area contributed by atoms with E-state index in [0.717, 1.165) is 14.9 Å². The number of amides is 5. The number of likely N-dealkylation sites (N-methyl/N-ethyl adjacent to an activating group) is 1. The van der Waals surface area contributed by atoms with Crippen LogP contribution in [0.3, 0.4) is 0 Å². The van der Waals surface area contributed by atoms with Gasteiger partial charge < -0.3 is 5.32 Å². The van der Waals surface area contributed by atoms with Gasteiger partial charge in [-0.3, -0.25) is 19.3 Å². The first-order chi connectivity index (χ1) is 11.4. The third-order valence-electron chi connectivity index (χ3n) is 3.77. The Labute approximate surface area is 148 Å². The van der Waals surface area contributed by atoms with Gasteiger partial charge in [0.15, 0.2) is 0 Å². The zero-order chi connectivity index (χ0) is 17.9. The lowest BCUT2D eigenvalue weighted by Gasteiger charge is -2.19. The van der Waals surface area contributed by atoms with Crippen molar-refractivity contribution in [1.29, 1.82) is 0 Å². The van der Waals surface area contributed by atoms with Crippen LogP contribution in [0, 0.1) is 0 Å². The summed E-state index contributed by atoms with van der Waals surface area (Å²) in [6.07, 6.45) is 0.648. The number of nitrogens with zero attached hydrogens (tertiary/aromatic N) is 2. The Bertz CT molecular complexity index is 674. The van der Waals surface area contributed by atoms with Crippen molar-refractivity contribution in [2.75, 3.05) is 13.1 Å². The smallest absolute Gasteiger partial charge is 0.334 e. The molecule has 1 heterocycles. The molecule has 7 nitrogen and oxygen atoms in total. The number of nitrogens with one attached hydrogen (secondary N) is 1. The third-order valence-corrected chi connectivity index (χ3v) is 4.30. The quantitative estimate of drug-likeness (QED) is 0.587. The number of halogens is 1. The number of carbonyl (C=O) groups excluding carboxylic acids is 4. The highest BCUT2D eigenvalue weighted by molar-refractivity contribution is 9.10. The van der Waals surface area contributed by atoms with Crippen LogP contribution in [-0.2, 0) is 14.4 Å². The Balaban J connectivity index is 2.04. The second-order valence-electron chi connectivity index (χ2n) is 5.30. The van der Waals surface area contributed by atoms with Crippen molar-refractivity contribution in [2.45, 2.75) is 26.3 Å². The van der Waals surface area contributed by atoms with E-state index in [2.05, 4.69) is 21.2 Å². The molecule has 1 aromatic carbocycles. The fraction of sp³-hybridized carbons (Fsp3) is 0.375. The largest absolute Gasteiger partial charge is 0.348 e. The van der Waals surface area contributed by atoms with E-state index in [1.54, 1.807) is 6.92 Å². The first-order valence-electron chi connectivity index (χ1n) is 7.61. The van der Waals surface area contributed by atoms with E-state index in [4.69, 9.17) is 0 Å². The van der Waals surface area contributed by atoms with Crippen molar-refractivity contribution in [2.24, 2.45) is 0 Å². The Morgan fingerprint density at radius 3 is 2.17 bits per heavy atom. The number of urea groups is 1. The van der Waals surface area contributed by atoms with Crippen LogP contribution < -0.4 is 5.32 Å². The average Bonchev–Trinajstić information content (AvgIpc) is 2.77. The molecule has 0 saturated carbocycles. The molecular weight excluding hydrogens is 378 g/mol. The molecule has 1 aromatic rings. The molecule has 5 amide bonds. The molecule has 1 aliphatic heterocycles. The van der Waals surface area contributed by atoms with Crippen molar-refractivity contribution < 1.29 is 19.2 Å². The van der Waals surface area contributed by atoms with Gasteiger partial charge >= 0.3 is 17.8 Å². The van der Waals surface area contributed by atoms with Crippen LogP contribution in [0.4, 0.5) is 4.79 Å². The van der Waals surface area contributed by atoms with Crippen LogP contribution in [-0.4, -0.2) is 46.6 Å². The maximum Gasteiger partial charge on any atom is 0.334 e. The van der Waals surface area contributed by atoms with Crippen LogP contribution in [0.15, 0.2) is 28.7 Å². The molecule has 1 fully saturated rings. The van der Waals surface area contributed by atoms with Gasteiger partial charge in [0.2, 0.25) is 5.91 Å². The Kier molecular flexibility index (Phi) is 5.71. The van der Waals surface area contributed by atoms with E-state index in [9.17, 15) is 19.2 Å². The molecule has 1 aliphatic rings. The predicted molar refractivity (Wildman–Crippen MR) is 89.8 cm³/mol. The van der Waals surface area contributed by atoms with E-state index >= 15 is 0 Å². The third kappa shape index (κ3) is 3.64. The van der Waals surface area contributed by atoms with E-state index in [1.165, 1.54) is 0 Å². The molecule has 0 aliphatic carbocycles. The minimum absolute atomic E-state index is 0.0952. The SMILES string of the molecule is CC[C@@H](NC(=O)CN1C(=O)C(=O)N(CC)C1=O)c1ccc(Br)cc1. The van der Waals surface area contributed by atoms with E-state index < -0.39 is 30.3 Å². The highest BCUT2D eigenvalue weighted by Crippen LogP contribution is 2.19. The fourth-order valence-corrected chi connectivity index (χ4v) is 2.73. The van der Waals surface area contributed by atoms with E-state index in [1.807, 2.05) is 31.2 Å². The summed E-state index contributed by atoms with van der Waals surface area (Å²) in [5, 5.41) is 2.79. The van der Waals surface area contributed by atoms with Crippen molar-refractivity contribution in [3.05, 3.63) is 34.3 Å². The monoisotopic (exact) mass is 395 g/mol. The van der Waals surface area contributed by atoms with Crippen molar-refractivity contribution in [3.8, 4) is 0 Å². The fourth-order valence-electron chi connectivity index (χ4n) is 2.47. The molecule has 0 spiro atoms. The van der Waals surface area contributed by atoms with Crippen LogP contribution in [0.5, 0.6) is 0 Å². The lowest BCUT2D eigenvalue weighted by Crippen LogP contribution is -2.42. The summed E-state index contributed by atoms with van der Waals surface area (Å²) in [6.45, 7) is 3.14. The summed E-state index contributed by atoms with van der Waals surface area (Å²) in [5.74, 6) is -2.35. The first kappa shape index (κ1) is 18.1. The molecule has 128 valence electrons. The van der Waals surface area contributed by atoms with Gasteiger partial charge in [-0.1, -0.05) is 35.0 Å². The van der Waals surface area contributed by atoms with E-state index in [-0.39, 0.29) is 12.6 Å². The number of carbonyl (C=O) groups is 4. The van der Waals surface area contributed by atoms with Crippen molar-refractivity contribution >= 4 is 39.7 Å². The van der Waals surface area contributed by atoms with Gasteiger partial charge in [0.05, 0.1) is 6.04 Å². The summed E-state index contributed by atoms with van der Waals surface area (Å²) in [5.41, 5.74) is 0.916. The number of hydrogen-bond acceptors (Lipinski definition) is 4. The number of hydrogen-bond donors (Lipinski definition) is 1. The molecular formula is C16H18BrN3O4. The minimum Gasteiger partial charge on any atom is -0.348 e. The summed E-state index contributed by atoms with van der Waals surface area (Å²) < 4.78 is 0.929. The van der Waals surface area contributed by atoms with Gasteiger partial charge in [0.1, 0.15) is 6.54 Å². The average molecular weight is 396 g/mol. The molecule has 8 heteroatoms. The van der Waals surface area contributed by atoms with Gasteiger partial charge in [-0.25, -0.2) is 9.69 Å². The Morgan fingerprint density at radius 1 is 1.08 bits per heavy atom. The van der Waals surface area contributed by atoms with E-state index in [0.29, 0.717) is 11.3 Å². The molecule has 0 aromatic heterocycles. The van der Waals surface area contributed by atoms with Crippen LogP contribution in [0.25, 0.3) is 0 Å². The number of benzene rings is 1. The lowest BCUT2D eigenvalue weighted by molar-refractivity contribution is -0.144. The van der Waals surface area contributed by atoms with Gasteiger partial charge in [-0.15, -0.1) is 0 Å². The summed E-state index contributed by atoms with van der Waals surface area (Å²) in [7, 11) is 0. The molecule has 1 saturated heterocycles. The number of imide groups is 2. The summed E-state index contributed by atoms with van der Waals surface area (Å²) in [4.78, 5) is 49.1.